The molecular formula is C10H16N2O3S. The Labute approximate surface area is 98.6 Å². The van der Waals surface area contributed by atoms with Crippen LogP contribution in [0.3, 0.4) is 0 Å². The lowest BCUT2D eigenvalue weighted by atomic mass is 10.2. The van der Waals surface area contributed by atoms with Crippen molar-refractivity contribution in [2.45, 2.75) is 13.5 Å². The highest BCUT2D eigenvalue weighted by Crippen LogP contribution is 2.23. The molecule has 0 saturated heterocycles. The number of hydrogen-bond acceptors (Lipinski definition) is 5. The van der Waals surface area contributed by atoms with E-state index < -0.39 is 0 Å². The van der Waals surface area contributed by atoms with E-state index in [9.17, 15) is 10.1 Å². The van der Waals surface area contributed by atoms with Crippen molar-refractivity contribution >= 4 is 16.3 Å². The number of nitrogens with one attached hydrogen (secondary N) is 1. The van der Waals surface area contributed by atoms with E-state index >= 15 is 0 Å². The maximum absolute atomic E-state index is 10.5. The van der Waals surface area contributed by atoms with Gasteiger partial charge >= 0.3 is 5.00 Å². The van der Waals surface area contributed by atoms with Crippen LogP contribution in [0.4, 0.5) is 5.00 Å². The van der Waals surface area contributed by atoms with Crippen molar-refractivity contribution in [1.29, 1.82) is 0 Å². The summed E-state index contributed by atoms with van der Waals surface area (Å²) in [6.07, 6.45) is 0. The number of rotatable bonds is 7. The summed E-state index contributed by atoms with van der Waals surface area (Å²) in [5, 5.41) is 13.9. The molecule has 1 aromatic heterocycles. The fraction of sp³-hybridized carbons (Fsp3) is 0.600. The van der Waals surface area contributed by atoms with Crippen molar-refractivity contribution in [3.8, 4) is 0 Å². The molecule has 90 valence electrons. The molecule has 16 heavy (non-hydrogen) atoms. The number of nitrogens with zero attached hydrogens (tertiary/aromatic N) is 1. The maximum Gasteiger partial charge on any atom is 0.324 e. The van der Waals surface area contributed by atoms with Gasteiger partial charge in [-0.25, -0.2) is 0 Å². The smallest absolute Gasteiger partial charge is 0.324 e. The summed E-state index contributed by atoms with van der Waals surface area (Å²) in [5.41, 5.74) is 0. The minimum atomic E-state index is -0.359. The van der Waals surface area contributed by atoms with Crippen LogP contribution in [0, 0.1) is 16.0 Å². The van der Waals surface area contributed by atoms with E-state index in [1.165, 1.54) is 11.3 Å². The van der Waals surface area contributed by atoms with Gasteiger partial charge in [-0.15, -0.1) is 0 Å². The van der Waals surface area contributed by atoms with Crippen molar-refractivity contribution in [3.63, 3.8) is 0 Å². The van der Waals surface area contributed by atoms with Crippen LogP contribution in [0.25, 0.3) is 0 Å². The minimum absolute atomic E-state index is 0.196. The molecule has 0 aliphatic carbocycles. The third-order valence-corrected chi connectivity index (χ3v) is 3.11. The molecular weight excluding hydrogens is 228 g/mol. The quantitative estimate of drug-likeness (QED) is 0.588. The first kappa shape index (κ1) is 13.1. The first-order chi connectivity index (χ1) is 7.63. The molecule has 0 aliphatic heterocycles. The van der Waals surface area contributed by atoms with Crippen LogP contribution < -0.4 is 5.32 Å². The average molecular weight is 244 g/mol. The van der Waals surface area contributed by atoms with Crippen LogP contribution in [-0.2, 0) is 11.3 Å². The summed E-state index contributed by atoms with van der Waals surface area (Å²) >= 11 is 1.21. The molecule has 1 heterocycles. The van der Waals surface area contributed by atoms with Crippen LogP contribution in [-0.4, -0.2) is 25.2 Å². The predicted molar refractivity (Wildman–Crippen MR) is 63.7 cm³/mol. The van der Waals surface area contributed by atoms with Gasteiger partial charge in [-0.3, -0.25) is 10.1 Å². The molecule has 1 N–H and O–H groups in total. The Morgan fingerprint density at radius 2 is 2.38 bits per heavy atom. The second-order valence-corrected chi connectivity index (χ2v) is 4.84. The maximum atomic E-state index is 10.5. The largest absolute Gasteiger partial charge is 0.384 e. The lowest BCUT2D eigenvalue weighted by molar-refractivity contribution is -0.380. The first-order valence-electron chi connectivity index (χ1n) is 5.06. The Morgan fingerprint density at radius 3 is 2.94 bits per heavy atom. The van der Waals surface area contributed by atoms with Gasteiger partial charge in [-0.1, -0.05) is 18.3 Å². The monoisotopic (exact) mass is 244 g/mol. The van der Waals surface area contributed by atoms with Gasteiger partial charge in [0.05, 0.1) is 4.92 Å². The van der Waals surface area contributed by atoms with Crippen molar-refractivity contribution in [1.82, 2.24) is 5.32 Å². The second-order valence-electron chi connectivity index (χ2n) is 3.69. The zero-order chi connectivity index (χ0) is 12.0. The van der Waals surface area contributed by atoms with Gasteiger partial charge in [-0.2, -0.15) is 0 Å². The van der Waals surface area contributed by atoms with Crippen molar-refractivity contribution in [3.05, 3.63) is 27.1 Å². The van der Waals surface area contributed by atoms with Gasteiger partial charge < -0.3 is 10.1 Å². The Bertz CT molecular complexity index is 341. The molecule has 1 rings (SSSR count). The third-order valence-electron chi connectivity index (χ3n) is 2.07. The lowest BCUT2D eigenvalue weighted by Crippen LogP contribution is -2.22. The van der Waals surface area contributed by atoms with E-state index in [0.29, 0.717) is 12.5 Å². The van der Waals surface area contributed by atoms with Crippen LogP contribution in [0.1, 0.15) is 11.8 Å². The highest BCUT2D eigenvalue weighted by Gasteiger charge is 2.09. The zero-order valence-electron chi connectivity index (χ0n) is 9.43. The van der Waals surface area contributed by atoms with Crippen molar-refractivity contribution < 1.29 is 9.66 Å². The van der Waals surface area contributed by atoms with Gasteiger partial charge in [0.2, 0.25) is 0 Å². The SMILES string of the molecule is COCC(C)CNCc1ccc([N+](=O)[O-])s1. The van der Waals surface area contributed by atoms with Crippen molar-refractivity contribution in [2.24, 2.45) is 5.92 Å². The Hall–Kier alpha value is -0.980. The second kappa shape index (κ2) is 6.57. The minimum Gasteiger partial charge on any atom is -0.384 e. The first-order valence-corrected chi connectivity index (χ1v) is 5.88. The molecule has 0 aromatic carbocycles. The summed E-state index contributed by atoms with van der Waals surface area (Å²) in [5.74, 6) is 0.444. The lowest BCUT2D eigenvalue weighted by Gasteiger charge is -2.10. The Kier molecular flexibility index (Phi) is 5.37. The number of methoxy groups -OCH3 is 1. The standard InChI is InChI=1S/C10H16N2O3S/c1-8(7-15-2)5-11-6-9-3-4-10(16-9)12(13)14/h3-4,8,11H,5-7H2,1-2H3. The molecule has 0 saturated carbocycles. The highest BCUT2D eigenvalue weighted by atomic mass is 32.1. The van der Waals surface area contributed by atoms with Gasteiger partial charge in [0, 0.05) is 37.7 Å². The van der Waals surface area contributed by atoms with Crippen molar-refractivity contribution in [2.75, 3.05) is 20.3 Å². The van der Waals surface area contributed by atoms with Crippen LogP contribution in [0.15, 0.2) is 12.1 Å². The molecule has 0 spiro atoms. The van der Waals surface area contributed by atoms with E-state index in [0.717, 1.165) is 18.0 Å². The summed E-state index contributed by atoms with van der Waals surface area (Å²) in [4.78, 5) is 11.1. The van der Waals surface area contributed by atoms with Gasteiger partial charge in [0.15, 0.2) is 0 Å². The zero-order valence-corrected chi connectivity index (χ0v) is 10.3. The average Bonchev–Trinajstić information content (AvgIpc) is 2.67. The van der Waals surface area contributed by atoms with E-state index in [2.05, 4.69) is 12.2 Å². The fourth-order valence-electron chi connectivity index (χ4n) is 1.34. The topological polar surface area (TPSA) is 64.4 Å². The summed E-state index contributed by atoms with van der Waals surface area (Å²) in [6, 6.07) is 3.33. The van der Waals surface area contributed by atoms with E-state index in [1.54, 1.807) is 19.2 Å². The van der Waals surface area contributed by atoms with Gasteiger partial charge in [-0.05, 0) is 12.0 Å². The molecule has 1 atom stereocenters. The molecule has 0 aliphatic rings. The third kappa shape index (κ3) is 4.26. The number of ether oxygens (including phenoxy) is 1. The Morgan fingerprint density at radius 1 is 1.62 bits per heavy atom. The van der Waals surface area contributed by atoms with Gasteiger partial charge in [0.25, 0.3) is 0 Å². The highest BCUT2D eigenvalue weighted by molar-refractivity contribution is 7.15. The molecule has 0 bridgehead atoms. The van der Waals surface area contributed by atoms with Gasteiger partial charge in [0.1, 0.15) is 0 Å². The number of thiophene rings is 1. The predicted octanol–water partition coefficient (Wildman–Crippen LogP) is 2.03. The number of hydrogen-bond donors (Lipinski definition) is 1. The van der Waals surface area contributed by atoms with Crippen LogP contribution >= 0.6 is 11.3 Å². The summed E-state index contributed by atoms with van der Waals surface area (Å²) in [6.45, 7) is 4.33. The molecule has 0 fully saturated rings. The van der Waals surface area contributed by atoms with Crippen LogP contribution in [0.5, 0.6) is 0 Å². The summed E-state index contributed by atoms with van der Waals surface area (Å²) in [7, 11) is 1.68. The molecule has 1 unspecified atom stereocenters. The molecule has 0 radical (unpaired) electrons. The molecule has 6 heteroatoms. The van der Waals surface area contributed by atoms with E-state index in [1.807, 2.05) is 0 Å². The number of nitro groups is 1. The van der Waals surface area contributed by atoms with E-state index in [-0.39, 0.29) is 9.92 Å². The molecule has 5 nitrogen and oxygen atoms in total. The molecule has 1 aromatic rings. The van der Waals surface area contributed by atoms with E-state index in [4.69, 9.17) is 4.74 Å². The summed E-state index contributed by atoms with van der Waals surface area (Å²) < 4.78 is 5.02. The fourth-order valence-corrected chi connectivity index (χ4v) is 2.13. The molecule has 0 amide bonds. The Balaban J connectivity index is 2.29. The van der Waals surface area contributed by atoms with Crippen LogP contribution in [0.2, 0.25) is 0 Å². The normalized spacial score (nSPS) is 12.6.